The first kappa shape index (κ1) is 16.9. The Bertz CT molecular complexity index is 614. The van der Waals surface area contributed by atoms with Gasteiger partial charge >= 0.3 is 0 Å². The molecule has 0 saturated carbocycles. The van der Waals surface area contributed by atoms with Gasteiger partial charge in [0.25, 0.3) is 0 Å². The maximum Gasteiger partial charge on any atom is 0.241 e. The molecular formula is C15H19ClN4OS. The lowest BCUT2D eigenvalue weighted by atomic mass is 10.1. The van der Waals surface area contributed by atoms with E-state index in [0.29, 0.717) is 6.54 Å². The minimum Gasteiger partial charge on any atom is -0.354 e. The van der Waals surface area contributed by atoms with Crippen LogP contribution in [0, 0.1) is 0 Å². The van der Waals surface area contributed by atoms with Crippen LogP contribution in [0.4, 0.5) is 0 Å². The first-order chi connectivity index (χ1) is 10.6. The second-order valence-corrected chi connectivity index (χ2v) is 6.37. The summed E-state index contributed by atoms with van der Waals surface area (Å²) in [6, 6.07) is 7.29. The van der Waals surface area contributed by atoms with Crippen LogP contribution in [0.25, 0.3) is 0 Å². The average Bonchev–Trinajstić information content (AvgIpc) is 2.92. The summed E-state index contributed by atoms with van der Waals surface area (Å²) in [6.45, 7) is 0.602. The number of nitrogens with zero attached hydrogens (tertiary/aromatic N) is 2. The van der Waals surface area contributed by atoms with Crippen molar-refractivity contribution in [1.82, 2.24) is 20.4 Å². The van der Waals surface area contributed by atoms with Crippen molar-refractivity contribution >= 4 is 29.3 Å². The van der Waals surface area contributed by atoms with E-state index in [2.05, 4.69) is 15.7 Å². The van der Waals surface area contributed by atoms with Gasteiger partial charge < -0.3 is 10.6 Å². The monoisotopic (exact) mass is 338 g/mol. The summed E-state index contributed by atoms with van der Waals surface area (Å²) in [7, 11) is 3.59. The van der Waals surface area contributed by atoms with Gasteiger partial charge in [0.1, 0.15) is 6.04 Å². The Morgan fingerprint density at radius 1 is 1.41 bits per heavy atom. The van der Waals surface area contributed by atoms with E-state index >= 15 is 0 Å². The molecule has 2 rings (SSSR count). The van der Waals surface area contributed by atoms with Gasteiger partial charge in [-0.3, -0.25) is 9.48 Å². The van der Waals surface area contributed by atoms with Crippen LogP contribution in [0.5, 0.6) is 0 Å². The zero-order valence-corrected chi connectivity index (χ0v) is 14.1. The number of benzene rings is 1. The Morgan fingerprint density at radius 2 is 2.14 bits per heavy atom. The van der Waals surface area contributed by atoms with Crippen molar-refractivity contribution in [2.24, 2.45) is 7.05 Å². The molecular weight excluding hydrogens is 320 g/mol. The van der Waals surface area contributed by atoms with Crippen LogP contribution in [0.1, 0.15) is 11.6 Å². The van der Waals surface area contributed by atoms with E-state index < -0.39 is 0 Å². The molecule has 0 fully saturated rings. The predicted octanol–water partition coefficient (Wildman–Crippen LogP) is 2.24. The number of rotatable bonds is 7. The van der Waals surface area contributed by atoms with Gasteiger partial charge in [-0.25, -0.2) is 0 Å². The first-order valence-corrected chi connectivity index (χ1v) is 8.28. The van der Waals surface area contributed by atoms with Crippen molar-refractivity contribution in [2.75, 3.05) is 19.3 Å². The maximum atomic E-state index is 12.2. The van der Waals surface area contributed by atoms with E-state index in [1.54, 1.807) is 29.7 Å². The van der Waals surface area contributed by atoms with Gasteiger partial charge in [0, 0.05) is 41.0 Å². The Kier molecular flexibility index (Phi) is 6.30. The molecule has 0 bridgehead atoms. The Morgan fingerprint density at radius 3 is 2.73 bits per heavy atom. The predicted molar refractivity (Wildman–Crippen MR) is 90.2 cm³/mol. The molecule has 0 aliphatic heterocycles. The molecule has 0 saturated heterocycles. The van der Waals surface area contributed by atoms with Gasteiger partial charge in [-0.1, -0.05) is 11.6 Å². The van der Waals surface area contributed by atoms with Crippen molar-refractivity contribution in [3.05, 3.63) is 47.2 Å². The molecule has 1 heterocycles. The summed E-state index contributed by atoms with van der Waals surface area (Å²) in [4.78, 5) is 13.3. The number of hydrogen-bond acceptors (Lipinski definition) is 4. The highest BCUT2D eigenvalue weighted by Crippen LogP contribution is 2.19. The second-order valence-electron chi connectivity index (χ2n) is 4.76. The Hall–Kier alpha value is -1.50. The van der Waals surface area contributed by atoms with Gasteiger partial charge in [0.05, 0.1) is 6.20 Å². The highest BCUT2D eigenvalue weighted by atomic mass is 35.5. The highest BCUT2D eigenvalue weighted by Gasteiger charge is 2.19. The molecule has 1 amide bonds. The molecule has 0 radical (unpaired) electrons. The smallest absolute Gasteiger partial charge is 0.241 e. The Balaban J connectivity index is 1.78. The van der Waals surface area contributed by atoms with Crippen LogP contribution >= 0.6 is 23.4 Å². The van der Waals surface area contributed by atoms with Crippen LogP contribution in [-0.4, -0.2) is 35.0 Å². The molecule has 118 valence electrons. The fourth-order valence-electron chi connectivity index (χ4n) is 2.01. The molecule has 1 unspecified atom stereocenters. The van der Waals surface area contributed by atoms with Crippen LogP contribution < -0.4 is 10.6 Å². The zero-order chi connectivity index (χ0) is 15.9. The molecule has 2 aromatic rings. The van der Waals surface area contributed by atoms with Gasteiger partial charge in [-0.15, -0.1) is 11.8 Å². The van der Waals surface area contributed by atoms with E-state index in [4.69, 9.17) is 11.6 Å². The average molecular weight is 339 g/mol. The number of nitrogens with one attached hydrogen (secondary N) is 2. The third kappa shape index (κ3) is 4.76. The fraction of sp³-hybridized carbons (Fsp3) is 0.333. The molecule has 1 aromatic carbocycles. The number of amides is 1. The molecule has 1 aromatic heterocycles. The number of likely N-dealkylation sites (N-methyl/N-ethyl adjacent to an activating group) is 1. The fourth-order valence-corrected chi connectivity index (χ4v) is 2.91. The third-order valence-corrected chi connectivity index (χ3v) is 4.36. The van der Waals surface area contributed by atoms with E-state index in [1.807, 2.05) is 37.5 Å². The van der Waals surface area contributed by atoms with E-state index in [9.17, 15) is 4.79 Å². The van der Waals surface area contributed by atoms with Crippen molar-refractivity contribution in [1.29, 1.82) is 0 Å². The lowest BCUT2D eigenvalue weighted by Gasteiger charge is -2.14. The molecule has 2 N–H and O–H groups in total. The molecule has 7 heteroatoms. The summed E-state index contributed by atoms with van der Waals surface area (Å²) < 4.78 is 1.68. The number of aryl methyl sites for hydroxylation is 1. The van der Waals surface area contributed by atoms with E-state index in [0.717, 1.165) is 21.2 Å². The van der Waals surface area contributed by atoms with E-state index in [1.165, 1.54) is 0 Å². The number of halogens is 1. The summed E-state index contributed by atoms with van der Waals surface area (Å²) in [5.41, 5.74) is 0.854. The number of thioether (sulfide) groups is 1. The van der Waals surface area contributed by atoms with Crippen molar-refractivity contribution in [3.8, 4) is 0 Å². The van der Waals surface area contributed by atoms with Crippen LogP contribution in [0.3, 0.4) is 0 Å². The van der Waals surface area contributed by atoms with Gasteiger partial charge in [0.2, 0.25) is 5.91 Å². The minimum atomic E-state index is -0.380. The quantitative estimate of drug-likeness (QED) is 0.600. The largest absolute Gasteiger partial charge is 0.354 e. The van der Waals surface area contributed by atoms with Crippen LogP contribution in [-0.2, 0) is 11.8 Å². The Labute approximate surface area is 139 Å². The maximum absolute atomic E-state index is 12.2. The van der Waals surface area contributed by atoms with Crippen molar-refractivity contribution in [3.63, 3.8) is 0 Å². The number of carbonyl (C=O) groups excluding carboxylic acids is 1. The molecule has 1 atom stereocenters. The number of aromatic nitrogens is 2. The first-order valence-electron chi connectivity index (χ1n) is 6.92. The lowest BCUT2D eigenvalue weighted by Crippen LogP contribution is -2.36. The third-order valence-electron chi connectivity index (χ3n) is 3.09. The van der Waals surface area contributed by atoms with Gasteiger partial charge in [0.15, 0.2) is 0 Å². The highest BCUT2D eigenvalue weighted by molar-refractivity contribution is 7.99. The summed E-state index contributed by atoms with van der Waals surface area (Å²) in [5.74, 6) is 0.754. The standard InChI is InChI=1S/C15H19ClN4OS/c1-17-14(11-9-19-20(2)10-11)15(21)18-7-8-22-13-5-3-12(16)4-6-13/h3-6,9-10,14,17H,7-8H2,1-2H3,(H,18,21). The van der Waals surface area contributed by atoms with Crippen molar-refractivity contribution in [2.45, 2.75) is 10.9 Å². The van der Waals surface area contributed by atoms with E-state index in [-0.39, 0.29) is 11.9 Å². The molecule has 0 aliphatic carbocycles. The minimum absolute atomic E-state index is 0.0489. The van der Waals surface area contributed by atoms with Crippen LogP contribution in [0.2, 0.25) is 5.02 Å². The molecule has 0 aliphatic rings. The summed E-state index contributed by atoms with van der Waals surface area (Å²) >= 11 is 7.53. The SMILES string of the molecule is CNC(C(=O)NCCSc1ccc(Cl)cc1)c1cnn(C)c1. The van der Waals surface area contributed by atoms with Crippen molar-refractivity contribution < 1.29 is 4.79 Å². The molecule has 5 nitrogen and oxygen atoms in total. The number of hydrogen-bond donors (Lipinski definition) is 2. The normalized spacial score (nSPS) is 12.1. The molecule has 0 spiro atoms. The number of carbonyl (C=O) groups is 1. The zero-order valence-electron chi connectivity index (χ0n) is 12.5. The summed E-state index contributed by atoms with van der Waals surface area (Å²) in [6.07, 6.45) is 3.53. The summed E-state index contributed by atoms with van der Waals surface area (Å²) in [5, 5.41) is 10.8. The second kappa shape index (κ2) is 8.22. The topological polar surface area (TPSA) is 59.0 Å². The molecule has 22 heavy (non-hydrogen) atoms. The lowest BCUT2D eigenvalue weighted by molar-refractivity contribution is -0.123. The van der Waals surface area contributed by atoms with Crippen LogP contribution in [0.15, 0.2) is 41.6 Å². The van der Waals surface area contributed by atoms with Gasteiger partial charge in [-0.2, -0.15) is 5.10 Å². The van der Waals surface area contributed by atoms with Gasteiger partial charge in [-0.05, 0) is 31.3 Å².